The molecule has 1 aliphatic heterocycles. The number of anilines is 2. The van der Waals surface area contributed by atoms with E-state index in [1.165, 1.54) is 10.8 Å². The van der Waals surface area contributed by atoms with Gasteiger partial charge in [0.15, 0.2) is 0 Å². The predicted molar refractivity (Wildman–Crippen MR) is 176 cm³/mol. The standard InChI is InChI=1S/C34H38FN9O/c1-7-8-26-25(9-12-43(6)32(26)45)21(2)29(28-18-44(42-41-28)34(19-35)10-11-34)40-24-13-22(15-36)30-27(14-24)31(23(16-37)17-38-30)39-20-33(3,4)5/h7-9,12-14,17-18,29,40-42H,2,10-11,19-20H2,1,3-6H3,(H,38,39)/b8-7-/t29-/m0/s1. The molecule has 11 heteroatoms. The number of hydrazine groups is 2. The molecule has 0 saturated heterocycles. The van der Waals surface area contributed by atoms with Crippen LogP contribution in [-0.4, -0.2) is 39.4 Å². The first kappa shape index (κ1) is 31.3. The van der Waals surface area contributed by atoms with Crippen molar-refractivity contribution in [3.05, 3.63) is 87.8 Å². The van der Waals surface area contributed by atoms with Crippen molar-refractivity contribution in [3.8, 4) is 12.1 Å². The average Bonchev–Trinajstić information content (AvgIpc) is 3.67. The highest BCUT2D eigenvalue weighted by atomic mass is 19.1. The van der Waals surface area contributed by atoms with Gasteiger partial charge in [0.25, 0.3) is 5.56 Å². The van der Waals surface area contributed by atoms with Gasteiger partial charge in [0.1, 0.15) is 18.8 Å². The largest absolute Gasteiger partial charge is 0.383 e. The van der Waals surface area contributed by atoms with Crippen molar-refractivity contribution in [2.24, 2.45) is 12.5 Å². The molecule has 3 heterocycles. The van der Waals surface area contributed by atoms with Crippen LogP contribution in [0.1, 0.15) is 62.8 Å². The van der Waals surface area contributed by atoms with Crippen molar-refractivity contribution in [1.29, 1.82) is 10.5 Å². The van der Waals surface area contributed by atoms with Crippen molar-refractivity contribution in [2.75, 3.05) is 23.9 Å². The summed E-state index contributed by atoms with van der Waals surface area (Å²) in [6.45, 7) is 12.6. The minimum Gasteiger partial charge on any atom is -0.383 e. The molecular weight excluding hydrogens is 569 g/mol. The van der Waals surface area contributed by atoms with Gasteiger partial charge in [-0.1, -0.05) is 39.5 Å². The minimum absolute atomic E-state index is 0.0749. The Kier molecular flexibility index (Phi) is 8.42. The van der Waals surface area contributed by atoms with Gasteiger partial charge < -0.3 is 20.6 Å². The number of nitrogens with zero attached hydrogens (tertiary/aromatic N) is 5. The van der Waals surface area contributed by atoms with E-state index >= 15 is 0 Å². The number of rotatable bonds is 10. The Balaban J connectivity index is 1.65. The number of allylic oxidation sites excluding steroid dienone is 1. The van der Waals surface area contributed by atoms with E-state index in [4.69, 9.17) is 0 Å². The maximum absolute atomic E-state index is 14.0. The Hall–Kier alpha value is -5.13. The number of fused-ring (bicyclic) bond motifs is 1. The summed E-state index contributed by atoms with van der Waals surface area (Å²) in [5, 5.41) is 29.4. The third-order valence-corrected chi connectivity index (χ3v) is 8.14. The number of hydrogen-bond acceptors (Lipinski definition) is 9. The van der Waals surface area contributed by atoms with Crippen molar-refractivity contribution in [3.63, 3.8) is 0 Å². The zero-order chi connectivity index (χ0) is 32.5. The normalized spacial score (nSPS) is 16.1. The van der Waals surface area contributed by atoms with E-state index in [-0.39, 0.29) is 11.0 Å². The highest BCUT2D eigenvalue weighted by molar-refractivity contribution is 5.99. The summed E-state index contributed by atoms with van der Waals surface area (Å²) in [7, 11) is 1.69. The molecule has 0 unspecified atom stereocenters. The number of nitriles is 2. The van der Waals surface area contributed by atoms with Crippen LogP contribution in [0, 0.1) is 28.1 Å². The van der Waals surface area contributed by atoms with Crippen LogP contribution in [0.15, 0.2) is 59.9 Å². The van der Waals surface area contributed by atoms with Crippen molar-refractivity contribution >= 4 is 33.9 Å². The number of aromatic nitrogens is 2. The molecule has 1 fully saturated rings. The molecule has 45 heavy (non-hydrogen) atoms. The van der Waals surface area contributed by atoms with Crippen LogP contribution in [0.25, 0.3) is 22.6 Å². The molecule has 1 atom stereocenters. The molecule has 0 spiro atoms. The summed E-state index contributed by atoms with van der Waals surface area (Å²) < 4.78 is 15.5. The van der Waals surface area contributed by atoms with E-state index in [0.717, 1.165) is 12.8 Å². The molecule has 1 aliphatic carbocycles. The molecule has 5 rings (SSSR count). The second kappa shape index (κ2) is 12.1. The fourth-order valence-electron chi connectivity index (χ4n) is 5.35. The van der Waals surface area contributed by atoms with Crippen molar-refractivity contribution in [1.82, 2.24) is 25.5 Å². The SMILES string of the molecule is C=C(c1ccn(C)c(=O)c1/C=C\C)[C@H](Nc1cc(C#N)c2ncc(C#N)c(NCC(C)(C)C)c2c1)C1=CN(C2(CF)CC2)NN1. The maximum atomic E-state index is 14.0. The molecule has 0 radical (unpaired) electrons. The van der Waals surface area contributed by atoms with Gasteiger partial charge in [-0.2, -0.15) is 10.5 Å². The number of nitrogens with one attached hydrogen (secondary N) is 4. The lowest BCUT2D eigenvalue weighted by molar-refractivity contribution is 0.146. The Bertz CT molecular complexity index is 1870. The van der Waals surface area contributed by atoms with E-state index in [1.54, 1.807) is 36.5 Å². The lowest BCUT2D eigenvalue weighted by atomic mass is 9.94. The second-order valence-corrected chi connectivity index (χ2v) is 12.8. The lowest BCUT2D eigenvalue weighted by Gasteiger charge is -2.25. The molecule has 4 N–H and O–H groups in total. The molecule has 2 aromatic heterocycles. The van der Waals surface area contributed by atoms with Crippen LogP contribution in [0.2, 0.25) is 0 Å². The van der Waals surface area contributed by atoms with E-state index in [9.17, 15) is 19.7 Å². The van der Waals surface area contributed by atoms with E-state index < -0.39 is 18.3 Å². The molecule has 0 bridgehead atoms. The number of hydrogen-bond donors (Lipinski definition) is 4. The van der Waals surface area contributed by atoms with Gasteiger partial charge in [0, 0.05) is 48.8 Å². The van der Waals surface area contributed by atoms with Crippen LogP contribution < -0.4 is 27.2 Å². The van der Waals surface area contributed by atoms with Crippen LogP contribution in [-0.2, 0) is 7.05 Å². The average molecular weight is 608 g/mol. The summed E-state index contributed by atoms with van der Waals surface area (Å²) in [5.74, 6) is 0. The Labute approximate surface area is 262 Å². The minimum atomic E-state index is -0.629. The summed E-state index contributed by atoms with van der Waals surface area (Å²) >= 11 is 0. The van der Waals surface area contributed by atoms with Crippen LogP contribution >= 0.6 is 0 Å². The fourth-order valence-corrected chi connectivity index (χ4v) is 5.35. The van der Waals surface area contributed by atoms with Crippen LogP contribution in [0.3, 0.4) is 0 Å². The Morgan fingerprint density at radius 3 is 2.62 bits per heavy atom. The smallest absolute Gasteiger partial charge is 0.258 e. The first-order valence-electron chi connectivity index (χ1n) is 14.8. The molecule has 3 aromatic rings. The van der Waals surface area contributed by atoms with E-state index in [2.05, 4.69) is 66.1 Å². The second-order valence-electron chi connectivity index (χ2n) is 12.8. The van der Waals surface area contributed by atoms with Gasteiger partial charge >= 0.3 is 0 Å². The molecule has 2 aliphatic rings. The summed E-state index contributed by atoms with van der Waals surface area (Å²) in [5.41, 5.74) is 10.1. The van der Waals surface area contributed by atoms with Gasteiger partial charge in [0.05, 0.1) is 39.6 Å². The number of benzene rings is 1. The highest BCUT2D eigenvalue weighted by Gasteiger charge is 2.49. The maximum Gasteiger partial charge on any atom is 0.258 e. The van der Waals surface area contributed by atoms with Gasteiger partial charge in [-0.3, -0.25) is 14.8 Å². The fraction of sp³-hybridized carbons (Fsp3) is 0.353. The third-order valence-electron chi connectivity index (χ3n) is 8.14. The molecule has 10 nitrogen and oxygen atoms in total. The van der Waals surface area contributed by atoms with Gasteiger partial charge in [-0.25, -0.2) is 4.39 Å². The van der Waals surface area contributed by atoms with Crippen molar-refractivity contribution < 1.29 is 4.39 Å². The number of pyridine rings is 2. The number of aryl methyl sites for hydroxylation is 1. The zero-order valence-electron chi connectivity index (χ0n) is 26.3. The molecule has 1 aromatic carbocycles. The lowest BCUT2D eigenvalue weighted by Crippen LogP contribution is -2.46. The summed E-state index contributed by atoms with van der Waals surface area (Å²) in [4.78, 5) is 17.6. The Morgan fingerprint density at radius 1 is 1.27 bits per heavy atom. The first-order chi connectivity index (χ1) is 21.4. The quantitative estimate of drug-likeness (QED) is 0.241. The third kappa shape index (κ3) is 6.13. The van der Waals surface area contributed by atoms with E-state index in [1.807, 2.05) is 25.3 Å². The monoisotopic (exact) mass is 607 g/mol. The summed E-state index contributed by atoms with van der Waals surface area (Å²) in [6, 6.07) is 9.25. The summed E-state index contributed by atoms with van der Waals surface area (Å²) in [6.07, 6.45) is 10.0. The molecule has 1 saturated carbocycles. The number of alkyl halides is 1. The van der Waals surface area contributed by atoms with Gasteiger partial charge in [0.2, 0.25) is 0 Å². The van der Waals surface area contributed by atoms with Gasteiger partial charge in [-0.15, -0.1) is 5.53 Å². The zero-order valence-corrected chi connectivity index (χ0v) is 26.3. The van der Waals surface area contributed by atoms with Crippen LogP contribution in [0.5, 0.6) is 0 Å². The Morgan fingerprint density at radius 2 is 2.00 bits per heavy atom. The highest BCUT2D eigenvalue weighted by Crippen LogP contribution is 2.43. The molecular formula is C34H38FN9O. The molecule has 0 amide bonds. The topological polar surface area (TPSA) is 134 Å². The predicted octanol–water partition coefficient (Wildman–Crippen LogP) is 5.33. The number of halogens is 1. The first-order valence-corrected chi connectivity index (χ1v) is 14.8. The van der Waals surface area contributed by atoms with Crippen LogP contribution in [0.4, 0.5) is 15.8 Å². The van der Waals surface area contributed by atoms with Gasteiger partial charge in [-0.05, 0) is 54.5 Å². The molecule has 232 valence electrons. The van der Waals surface area contributed by atoms with Crippen molar-refractivity contribution in [2.45, 2.75) is 52.1 Å². The van der Waals surface area contributed by atoms with E-state index in [0.29, 0.717) is 62.3 Å².